The van der Waals surface area contributed by atoms with Gasteiger partial charge in [0, 0.05) is 20.1 Å². The number of hydrogen-bond donors (Lipinski definition) is 2. The van der Waals surface area contributed by atoms with Gasteiger partial charge in [0.15, 0.2) is 11.6 Å². The number of methoxy groups -OCH3 is 1. The number of rotatable bonds is 15. The number of likely N-dealkylation sites (N-methyl/N-ethyl adjacent to an activating group) is 1. The maximum absolute atomic E-state index is 13.9. The van der Waals surface area contributed by atoms with E-state index < -0.39 is 25.0 Å². The van der Waals surface area contributed by atoms with Gasteiger partial charge in [-0.3, -0.25) is 14.4 Å². The third kappa shape index (κ3) is 8.97. The molecule has 2 atom stereocenters. The van der Waals surface area contributed by atoms with Gasteiger partial charge in [0.1, 0.15) is 29.9 Å². The van der Waals surface area contributed by atoms with Crippen LogP contribution in [0, 0.1) is 5.41 Å². The van der Waals surface area contributed by atoms with Gasteiger partial charge in [0.05, 0.1) is 24.7 Å². The Morgan fingerprint density at radius 3 is 2.42 bits per heavy atom. The zero-order valence-corrected chi connectivity index (χ0v) is 24.0. The fourth-order valence-corrected chi connectivity index (χ4v) is 5.00. The third-order valence-corrected chi connectivity index (χ3v) is 7.02. The molecule has 0 bridgehead atoms. The SMILES string of the molecule is C=Nc1c(N)ncnc1N(C)C[C@@H](C)OC[P@@](=O)(NCC(C)(C)C(=O)OC(C)C)Oc1ccc(OC)cc1. The van der Waals surface area contributed by atoms with Crippen LogP contribution in [0.1, 0.15) is 34.6 Å². The predicted octanol–water partition coefficient (Wildman–Crippen LogP) is 4.04. The van der Waals surface area contributed by atoms with E-state index in [1.165, 1.54) is 6.33 Å². The van der Waals surface area contributed by atoms with Crippen molar-refractivity contribution in [3.63, 3.8) is 0 Å². The van der Waals surface area contributed by atoms with Crippen LogP contribution in [0.5, 0.6) is 11.5 Å². The van der Waals surface area contributed by atoms with Crippen molar-refractivity contribution in [1.82, 2.24) is 15.1 Å². The number of aromatic nitrogens is 2. The number of aliphatic imine (C=N–C) groups is 1. The summed E-state index contributed by atoms with van der Waals surface area (Å²) < 4.78 is 36.3. The van der Waals surface area contributed by atoms with Crippen molar-refractivity contribution in [3.8, 4) is 11.5 Å². The minimum atomic E-state index is -3.64. The Morgan fingerprint density at radius 2 is 1.84 bits per heavy atom. The van der Waals surface area contributed by atoms with Crippen molar-refractivity contribution in [2.45, 2.75) is 46.8 Å². The van der Waals surface area contributed by atoms with Gasteiger partial charge in [-0.25, -0.2) is 15.1 Å². The Balaban J connectivity index is 2.15. The number of hydrogen-bond acceptors (Lipinski definition) is 11. The topological polar surface area (TPSA) is 150 Å². The lowest BCUT2D eigenvalue weighted by atomic mass is 9.94. The van der Waals surface area contributed by atoms with Gasteiger partial charge in [-0.05, 0) is 65.6 Å². The summed E-state index contributed by atoms with van der Waals surface area (Å²) in [6.07, 6.45) is 0.408. The van der Waals surface area contributed by atoms with Crippen LogP contribution in [0.25, 0.3) is 0 Å². The van der Waals surface area contributed by atoms with Crippen LogP contribution in [0.4, 0.5) is 17.3 Å². The first-order chi connectivity index (χ1) is 17.8. The number of benzene rings is 1. The number of anilines is 2. The van der Waals surface area contributed by atoms with E-state index in [2.05, 4.69) is 26.8 Å². The van der Waals surface area contributed by atoms with Gasteiger partial charge in [-0.2, -0.15) is 0 Å². The van der Waals surface area contributed by atoms with Gasteiger partial charge in [-0.15, -0.1) is 0 Å². The highest BCUT2D eigenvalue weighted by molar-refractivity contribution is 7.57. The number of ether oxygens (including phenoxy) is 3. The summed E-state index contributed by atoms with van der Waals surface area (Å²) in [6.45, 7) is 12.7. The van der Waals surface area contributed by atoms with Gasteiger partial charge < -0.3 is 29.4 Å². The highest BCUT2D eigenvalue weighted by Crippen LogP contribution is 2.44. The summed E-state index contributed by atoms with van der Waals surface area (Å²) in [4.78, 5) is 26.4. The monoisotopic (exact) mass is 550 g/mol. The summed E-state index contributed by atoms with van der Waals surface area (Å²) in [5, 5.41) is 2.94. The molecule has 0 amide bonds. The Kier molecular flexibility index (Phi) is 11.1. The highest BCUT2D eigenvalue weighted by Gasteiger charge is 2.35. The van der Waals surface area contributed by atoms with Crippen LogP contribution in [0.2, 0.25) is 0 Å². The fourth-order valence-electron chi connectivity index (χ4n) is 3.24. The minimum Gasteiger partial charge on any atom is -0.497 e. The van der Waals surface area contributed by atoms with Crippen LogP contribution >= 0.6 is 7.52 Å². The smallest absolute Gasteiger partial charge is 0.341 e. The second-order valence-electron chi connectivity index (χ2n) is 9.69. The van der Waals surface area contributed by atoms with E-state index in [0.29, 0.717) is 29.5 Å². The average molecular weight is 551 g/mol. The molecule has 210 valence electrons. The number of nitrogens with two attached hydrogens (primary N) is 1. The molecule has 1 aromatic heterocycles. The van der Waals surface area contributed by atoms with Gasteiger partial charge in [0.25, 0.3) is 0 Å². The number of carbonyl (C=O) groups is 1. The van der Waals surface area contributed by atoms with Crippen molar-refractivity contribution < 1.29 is 28.1 Å². The summed E-state index contributed by atoms with van der Waals surface area (Å²) in [5.41, 5.74) is 5.28. The first-order valence-corrected chi connectivity index (χ1v) is 13.9. The molecule has 3 N–H and O–H groups in total. The lowest BCUT2D eigenvalue weighted by Gasteiger charge is -2.29. The van der Waals surface area contributed by atoms with Crippen LogP contribution in [0.3, 0.4) is 0 Å². The van der Waals surface area contributed by atoms with Crippen LogP contribution in [-0.4, -0.2) is 68.5 Å². The quantitative estimate of drug-likeness (QED) is 0.188. The molecule has 0 aliphatic rings. The Morgan fingerprint density at radius 1 is 1.21 bits per heavy atom. The van der Waals surface area contributed by atoms with Crippen molar-refractivity contribution in [2.75, 3.05) is 44.2 Å². The molecule has 12 nitrogen and oxygen atoms in total. The molecule has 2 aromatic rings. The molecule has 0 aliphatic heterocycles. The molecule has 1 aromatic carbocycles. The number of carbonyl (C=O) groups excluding carboxylic acids is 1. The molecule has 0 radical (unpaired) electrons. The second kappa shape index (κ2) is 13.5. The zero-order valence-electron chi connectivity index (χ0n) is 23.1. The average Bonchev–Trinajstić information content (AvgIpc) is 2.86. The van der Waals surface area contributed by atoms with Crippen LogP contribution in [0.15, 0.2) is 35.6 Å². The van der Waals surface area contributed by atoms with Gasteiger partial charge in [-0.1, -0.05) is 0 Å². The summed E-state index contributed by atoms with van der Waals surface area (Å²) in [7, 11) is -0.292. The van der Waals surface area contributed by atoms with Gasteiger partial charge in [0.2, 0.25) is 0 Å². The Hall–Kier alpha value is -3.21. The predicted molar refractivity (Wildman–Crippen MR) is 149 cm³/mol. The molecule has 0 saturated carbocycles. The number of nitrogens with zero attached hydrogens (tertiary/aromatic N) is 4. The zero-order chi connectivity index (χ0) is 28.5. The molecular formula is C25H39N6O6P. The molecule has 0 unspecified atom stereocenters. The van der Waals surface area contributed by atoms with Crippen LogP contribution in [-0.2, 0) is 18.8 Å². The maximum atomic E-state index is 13.9. The van der Waals surface area contributed by atoms with Crippen molar-refractivity contribution in [1.29, 1.82) is 0 Å². The van der Waals surface area contributed by atoms with E-state index in [-0.39, 0.29) is 24.8 Å². The number of nitrogens with one attached hydrogen (secondary N) is 1. The molecule has 13 heteroatoms. The van der Waals surface area contributed by atoms with E-state index in [4.69, 9.17) is 24.5 Å². The lowest BCUT2D eigenvalue weighted by Crippen LogP contribution is -2.38. The summed E-state index contributed by atoms with van der Waals surface area (Å²) >= 11 is 0. The van der Waals surface area contributed by atoms with Crippen molar-refractivity contribution in [3.05, 3.63) is 30.6 Å². The molecule has 0 aliphatic carbocycles. The summed E-state index contributed by atoms with van der Waals surface area (Å²) in [5.74, 6) is 1.28. The fraction of sp³-hybridized carbons (Fsp3) is 0.520. The molecule has 1 heterocycles. The number of nitrogen functional groups attached to an aromatic ring is 1. The minimum absolute atomic E-state index is 0.0399. The molecule has 38 heavy (non-hydrogen) atoms. The van der Waals surface area contributed by atoms with E-state index in [1.54, 1.807) is 71.0 Å². The molecular weight excluding hydrogens is 511 g/mol. The number of esters is 1. The van der Waals surface area contributed by atoms with Crippen molar-refractivity contribution >= 4 is 37.5 Å². The van der Waals surface area contributed by atoms with E-state index in [9.17, 15) is 9.36 Å². The molecule has 0 saturated heterocycles. The first-order valence-electron chi connectivity index (χ1n) is 12.1. The highest BCUT2D eigenvalue weighted by atomic mass is 31.2. The molecule has 2 rings (SSSR count). The third-order valence-electron chi connectivity index (χ3n) is 5.38. The normalized spacial score (nSPS) is 13.9. The Bertz CT molecular complexity index is 1130. The molecule has 0 fully saturated rings. The van der Waals surface area contributed by atoms with E-state index in [0.717, 1.165) is 0 Å². The Labute approximate surface area is 224 Å². The summed E-state index contributed by atoms with van der Waals surface area (Å²) in [6, 6.07) is 6.68. The van der Waals surface area contributed by atoms with Gasteiger partial charge >= 0.3 is 13.5 Å². The van der Waals surface area contributed by atoms with Crippen molar-refractivity contribution in [2.24, 2.45) is 10.4 Å². The largest absolute Gasteiger partial charge is 0.497 e. The first kappa shape index (κ1) is 31.0. The maximum Gasteiger partial charge on any atom is 0.341 e. The van der Waals surface area contributed by atoms with E-state index in [1.807, 2.05) is 6.92 Å². The molecule has 0 spiro atoms. The lowest BCUT2D eigenvalue weighted by molar-refractivity contribution is -0.157. The van der Waals surface area contributed by atoms with E-state index >= 15 is 0 Å². The standard InChI is InChI=1S/C25H39N6O6P/c1-17(2)36-24(32)25(4,5)14-30-38(33,37-20-11-9-19(34-8)10-12-20)16-35-18(3)13-31(7)23-21(27-6)22(26)28-15-29-23/h9-12,15,17-18H,6,13-14,16H2,1-5,7-8H3,(H,30,33)(H2,26,28,29)/t18-,38+/m1/s1. The van der Waals surface area contributed by atoms with Crippen LogP contribution < -0.4 is 25.0 Å². The second-order valence-corrected chi connectivity index (χ2v) is 11.8.